The van der Waals surface area contributed by atoms with Gasteiger partial charge in [0.05, 0.1) is 12.0 Å². The van der Waals surface area contributed by atoms with Crippen molar-refractivity contribution >= 4 is 11.9 Å². The number of nitrogens with two attached hydrogens (primary N) is 1. The van der Waals surface area contributed by atoms with Crippen LogP contribution in [0.2, 0.25) is 0 Å². The normalized spacial score (nSPS) is 19.7. The molecule has 0 spiro atoms. The van der Waals surface area contributed by atoms with E-state index < -0.39 is 11.5 Å². The maximum absolute atomic E-state index is 12.1. The highest BCUT2D eigenvalue weighted by Crippen LogP contribution is 2.31. The third-order valence-corrected chi connectivity index (χ3v) is 4.09. The fraction of sp³-hybridized carbons (Fsp3) is 0.857. The highest BCUT2D eigenvalue weighted by atomic mass is 16.4. The molecule has 1 fully saturated rings. The molecule has 110 valence electrons. The van der Waals surface area contributed by atoms with Gasteiger partial charge >= 0.3 is 5.97 Å². The minimum Gasteiger partial charge on any atom is -0.481 e. The first-order valence-electron chi connectivity index (χ1n) is 7.24. The molecule has 19 heavy (non-hydrogen) atoms. The number of hydrogen-bond acceptors (Lipinski definition) is 3. The average molecular weight is 270 g/mol. The Labute approximate surface area is 114 Å². The second-order valence-electron chi connectivity index (χ2n) is 5.67. The van der Waals surface area contributed by atoms with Crippen LogP contribution in [-0.4, -0.2) is 29.1 Å². The van der Waals surface area contributed by atoms with E-state index in [1.807, 2.05) is 6.92 Å². The number of rotatable bonds is 7. The molecule has 1 unspecified atom stereocenters. The predicted octanol–water partition coefficient (Wildman–Crippen LogP) is 1.66. The lowest BCUT2D eigenvalue weighted by Gasteiger charge is -2.37. The van der Waals surface area contributed by atoms with Gasteiger partial charge in [0.2, 0.25) is 5.91 Å². The second kappa shape index (κ2) is 7.48. The van der Waals surface area contributed by atoms with Gasteiger partial charge < -0.3 is 16.2 Å². The summed E-state index contributed by atoms with van der Waals surface area (Å²) in [5.74, 6) is -0.709. The van der Waals surface area contributed by atoms with Crippen molar-refractivity contribution in [2.24, 2.45) is 11.7 Å². The van der Waals surface area contributed by atoms with Crippen LogP contribution in [0.5, 0.6) is 0 Å². The summed E-state index contributed by atoms with van der Waals surface area (Å²) in [6.45, 7) is 2.51. The summed E-state index contributed by atoms with van der Waals surface area (Å²) in [6.07, 6.45) is 5.93. The number of carboxylic acid groups (broad SMARTS) is 1. The molecule has 0 heterocycles. The van der Waals surface area contributed by atoms with E-state index in [4.69, 9.17) is 10.8 Å². The number of carbonyl (C=O) groups is 2. The first-order chi connectivity index (χ1) is 9.01. The van der Waals surface area contributed by atoms with Crippen LogP contribution in [0.4, 0.5) is 0 Å². The van der Waals surface area contributed by atoms with Crippen molar-refractivity contribution in [2.45, 2.75) is 63.8 Å². The molecule has 4 N–H and O–H groups in total. The van der Waals surface area contributed by atoms with Gasteiger partial charge in [-0.15, -0.1) is 0 Å². The Bertz CT molecular complexity index is 308. The van der Waals surface area contributed by atoms with Crippen LogP contribution in [-0.2, 0) is 9.59 Å². The molecular formula is C14H26N2O3. The van der Waals surface area contributed by atoms with Gasteiger partial charge in [-0.1, -0.05) is 32.6 Å². The molecule has 1 saturated carbocycles. The summed E-state index contributed by atoms with van der Waals surface area (Å²) in [6, 6.07) is 0. The number of carboxylic acids is 1. The van der Waals surface area contributed by atoms with Crippen molar-refractivity contribution in [3.63, 3.8) is 0 Å². The van der Waals surface area contributed by atoms with E-state index in [2.05, 4.69) is 5.32 Å². The van der Waals surface area contributed by atoms with Crippen molar-refractivity contribution < 1.29 is 14.7 Å². The maximum atomic E-state index is 12.1. The van der Waals surface area contributed by atoms with Gasteiger partial charge in [0.25, 0.3) is 0 Å². The number of carbonyl (C=O) groups excluding carboxylic acids is 1. The van der Waals surface area contributed by atoms with Gasteiger partial charge in [-0.25, -0.2) is 0 Å². The van der Waals surface area contributed by atoms with Crippen molar-refractivity contribution in [2.75, 3.05) is 6.54 Å². The zero-order valence-corrected chi connectivity index (χ0v) is 11.8. The van der Waals surface area contributed by atoms with Gasteiger partial charge in [0, 0.05) is 6.42 Å². The number of aliphatic carboxylic acids is 1. The standard InChI is InChI=1S/C14H26N2O3/c1-2-11(10-15)8-12(17)16-14(9-13(18)19)6-4-3-5-7-14/h11H,2-10,15H2,1H3,(H,16,17)(H,18,19). The summed E-state index contributed by atoms with van der Waals surface area (Å²) < 4.78 is 0. The molecule has 0 bridgehead atoms. The molecule has 0 saturated heterocycles. The van der Waals surface area contributed by atoms with E-state index in [0.29, 0.717) is 13.0 Å². The maximum Gasteiger partial charge on any atom is 0.305 e. The minimum atomic E-state index is -0.840. The molecule has 1 amide bonds. The number of amides is 1. The molecule has 1 aliphatic carbocycles. The Morgan fingerprint density at radius 3 is 2.42 bits per heavy atom. The average Bonchev–Trinajstić information content (AvgIpc) is 2.35. The van der Waals surface area contributed by atoms with Crippen LogP contribution in [0.25, 0.3) is 0 Å². The van der Waals surface area contributed by atoms with Gasteiger partial charge in [-0.2, -0.15) is 0 Å². The first kappa shape index (κ1) is 16.0. The van der Waals surface area contributed by atoms with Crippen LogP contribution >= 0.6 is 0 Å². The molecule has 0 aliphatic heterocycles. The third-order valence-electron chi connectivity index (χ3n) is 4.09. The summed E-state index contributed by atoms with van der Waals surface area (Å²) in [4.78, 5) is 23.1. The van der Waals surface area contributed by atoms with Crippen molar-refractivity contribution in [3.8, 4) is 0 Å². The van der Waals surface area contributed by atoms with E-state index in [1.54, 1.807) is 0 Å². The molecule has 0 radical (unpaired) electrons. The van der Waals surface area contributed by atoms with Crippen LogP contribution in [0, 0.1) is 5.92 Å². The largest absolute Gasteiger partial charge is 0.481 e. The van der Waals surface area contributed by atoms with E-state index in [1.165, 1.54) is 0 Å². The molecule has 0 aromatic rings. The molecule has 0 aromatic carbocycles. The van der Waals surface area contributed by atoms with Crippen LogP contribution < -0.4 is 11.1 Å². The Balaban J connectivity index is 2.61. The lowest BCUT2D eigenvalue weighted by Crippen LogP contribution is -2.51. The molecular weight excluding hydrogens is 244 g/mol. The van der Waals surface area contributed by atoms with Crippen LogP contribution in [0.3, 0.4) is 0 Å². The molecule has 0 aromatic heterocycles. The molecule has 5 nitrogen and oxygen atoms in total. The van der Waals surface area contributed by atoms with Gasteiger partial charge in [-0.3, -0.25) is 9.59 Å². The smallest absolute Gasteiger partial charge is 0.305 e. The summed E-state index contributed by atoms with van der Waals surface area (Å²) in [5.41, 5.74) is 5.07. The molecule has 1 atom stereocenters. The highest BCUT2D eigenvalue weighted by molar-refractivity contribution is 5.78. The first-order valence-corrected chi connectivity index (χ1v) is 7.24. The Morgan fingerprint density at radius 2 is 1.95 bits per heavy atom. The van der Waals surface area contributed by atoms with E-state index in [-0.39, 0.29) is 18.2 Å². The quantitative estimate of drug-likeness (QED) is 0.656. The van der Waals surface area contributed by atoms with E-state index >= 15 is 0 Å². The summed E-state index contributed by atoms with van der Waals surface area (Å²) >= 11 is 0. The third kappa shape index (κ3) is 5.19. The van der Waals surface area contributed by atoms with Crippen molar-refractivity contribution in [1.29, 1.82) is 0 Å². The highest BCUT2D eigenvalue weighted by Gasteiger charge is 2.35. The van der Waals surface area contributed by atoms with Gasteiger partial charge in [-0.05, 0) is 25.3 Å². The van der Waals surface area contributed by atoms with Gasteiger partial charge in [0.1, 0.15) is 0 Å². The van der Waals surface area contributed by atoms with Crippen LogP contribution in [0.1, 0.15) is 58.3 Å². The fourth-order valence-corrected chi connectivity index (χ4v) is 2.87. The lowest BCUT2D eigenvalue weighted by atomic mass is 9.79. The van der Waals surface area contributed by atoms with Crippen LogP contribution in [0.15, 0.2) is 0 Å². The second-order valence-corrected chi connectivity index (χ2v) is 5.67. The Morgan fingerprint density at radius 1 is 1.32 bits per heavy atom. The Hall–Kier alpha value is -1.10. The zero-order chi connectivity index (χ0) is 14.3. The topological polar surface area (TPSA) is 92.4 Å². The monoisotopic (exact) mass is 270 g/mol. The molecule has 1 aliphatic rings. The number of hydrogen-bond donors (Lipinski definition) is 3. The zero-order valence-electron chi connectivity index (χ0n) is 11.8. The lowest BCUT2D eigenvalue weighted by molar-refractivity contribution is -0.139. The minimum absolute atomic E-state index is 0.0259. The van der Waals surface area contributed by atoms with E-state index in [0.717, 1.165) is 38.5 Å². The SMILES string of the molecule is CCC(CN)CC(=O)NC1(CC(=O)O)CCCCC1. The molecule has 1 rings (SSSR count). The van der Waals surface area contributed by atoms with E-state index in [9.17, 15) is 9.59 Å². The summed E-state index contributed by atoms with van der Waals surface area (Å²) in [5, 5.41) is 12.0. The number of nitrogens with one attached hydrogen (secondary N) is 1. The van der Waals surface area contributed by atoms with Gasteiger partial charge in [0.15, 0.2) is 0 Å². The predicted molar refractivity (Wildman–Crippen MR) is 73.7 cm³/mol. The Kier molecular flexibility index (Phi) is 6.28. The van der Waals surface area contributed by atoms with Crippen molar-refractivity contribution in [3.05, 3.63) is 0 Å². The van der Waals surface area contributed by atoms with Crippen molar-refractivity contribution in [1.82, 2.24) is 5.32 Å². The summed E-state index contributed by atoms with van der Waals surface area (Å²) in [7, 11) is 0. The fourth-order valence-electron chi connectivity index (χ4n) is 2.87. The molecule has 5 heteroatoms.